The van der Waals surface area contributed by atoms with Gasteiger partial charge in [0.2, 0.25) is 0 Å². The maximum Gasteiger partial charge on any atom is 0.269 e. The monoisotopic (exact) mass is 272 g/mol. The Balaban J connectivity index is 2.31. The first-order chi connectivity index (χ1) is 9.63. The summed E-state index contributed by atoms with van der Waals surface area (Å²) < 4.78 is 14.8. The average molecular weight is 272 g/mol. The minimum atomic E-state index is -0.464. The summed E-state index contributed by atoms with van der Waals surface area (Å²) in [4.78, 5) is 11.9. The molecule has 0 aliphatic carbocycles. The first kappa shape index (κ1) is 13.7. The fourth-order valence-corrected chi connectivity index (χ4v) is 1.78. The molecule has 0 amide bonds. The number of halogens is 1. The molecule has 102 valence electrons. The van der Waals surface area contributed by atoms with Crippen molar-refractivity contribution in [3.63, 3.8) is 0 Å². The lowest BCUT2D eigenvalue weighted by atomic mass is 10.1. The number of aromatic nitrogens is 2. The highest BCUT2D eigenvalue weighted by Crippen LogP contribution is 2.11. The van der Waals surface area contributed by atoms with Crippen LogP contribution in [0.5, 0.6) is 0 Å². The first-order valence-electron chi connectivity index (χ1n) is 6.13. The number of benzene rings is 1. The van der Waals surface area contributed by atoms with E-state index in [9.17, 15) is 9.18 Å². The van der Waals surface area contributed by atoms with Crippen LogP contribution in [0.1, 0.15) is 18.1 Å². The van der Waals surface area contributed by atoms with Gasteiger partial charge in [0.1, 0.15) is 5.82 Å². The molecule has 1 aromatic carbocycles. The van der Waals surface area contributed by atoms with Gasteiger partial charge in [-0.2, -0.15) is 10.4 Å². The van der Waals surface area contributed by atoms with E-state index in [0.29, 0.717) is 17.8 Å². The average Bonchev–Trinajstić information content (AvgIpc) is 2.44. The van der Waals surface area contributed by atoms with Gasteiger partial charge in [0, 0.05) is 18.2 Å². The van der Waals surface area contributed by atoms with Crippen LogP contribution >= 0.6 is 0 Å². The van der Waals surface area contributed by atoms with Gasteiger partial charge in [-0.15, -0.1) is 0 Å². The Morgan fingerprint density at radius 2 is 2.25 bits per heavy atom. The summed E-state index contributed by atoms with van der Waals surface area (Å²) in [6.45, 7) is 2.59. The zero-order chi connectivity index (χ0) is 14.5. The number of nitrogens with one attached hydrogen (secondary N) is 1. The van der Waals surface area contributed by atoms with Crippen molar-refractivity contribution in [3.8, 4) is 6.07 Å². The standard InChI is InChI=1S/C14H13FN4O/c1-2-17-12-6-14(20)19(18-8-12)9-11-5-10(7-16)3-4-13(11)15/h3-6,8,17H,2,9H2,1H3. The quantitative estimate of drug-likeness (QED) is 0.920. The van der Waals surface area contributed by atoms with Crippen molar-refractivity contribution in [1.29, 1.82) is 5.26 Å². The molecule has 1 heterocycles. The molecule has 1 N–H and O–H groups in total. The summed E-state index contributed by atoms with van der Waals surface area (Å²) in [5.74, 6) is -0.464. The number of anilines is 1. The second kappa shape index (κ2) is 5.97. The molecule has 0 saturated heterocycles. The summed E-state index contributed by atoms with van der Waals surface area (Å²) in [5, 5.41) is 15.8. The molecule has 0 saturated carbocycles. The van der Waals surface area contributed by atoms with Gasteiger partial charge in [-0.25, -0.2) is 9.07 Å². The third-order valence-electron chi connectivity index (χ3n) is 2.75. The summed E-state index contributed by atoms with van der Waals surface area (Å²) in [6, 6.07) is 7.37. The van der Waals surface area contributed by atoms with Crippen molar-refractivity contribution in [2.24, 2.45) is 0 Å². The van der Waals surface area contributed by atoms with Gasteiger partial charge in [-0.05, 0) is 25.1 Å². The Kier molecular flexibility index (Phi) is 4.11. The van der Waals surface area contributed by atoms with Crippen LogP contribution in [0.15, 0.2) is 35.3 Å². The van der Waals surface area contributed by atoms with E-state index >= 15 is 0 Å². The molecule has 0 unspecified atom stereocenters. The van der Waals surface area contributed by atoms with E-state index in [1.54, 1.807) is 0 Å². The fourth-order valence-electron chi connectivity index (χ4n) is 1.78. The SMILES string of the molecule is CCNc1cnn(Cc2cc(C#N)ccc2F)c(=O)c1. The minimum Gasteiger partial charge on any atom is -0.384 e. The van der Waals surface area contributed by atoms with Crippen molar-refractivity contribution in [2.75, 3.05) is 11.9 Å². The Bertz CT molecular complexity index is 718. The van der Waals surface area contributed by atoms with E-state index < -0.39 is 5.82 Å². The van der Waals surface area contributed by atoms with Crippen molar-refractivity contribution < 1.29 is 4.39 Å². The van der Waals surface area contributed by atoms with E-state index in [1.165, 1.54) is 30.5 Å². The van der Waals surface area contributed by atoms with Gasteiger partial charge in [0.05, 0.1) is 30.1 Å². The van der Waals surface area contributed by atoms with E-state index in [-0.39, 0.29) is 17.7 Å². The molecule has 0 aliphatic heterocycles. The summed E-state index contributed by atoms with van der Waals surface area (Å²) in [6.07, 6.45) is 1.51. The zero-order valence-corrected chi connectivity index (χ0v) is 10.9. The molecule has 20 heavy (non-hydrogen) atoms. The highest BCUT2D eigenvalue weighted by molar-refractivity contribution is 5.38. The largest absolute Gasteiger partial charge is 0.384 e. The third kappa shape index (κ3) is 3.01. The molecule has 1 aromatic heterocycles. The second-order valence-corrected chi connectivity index (χ2v) is 4.19. The second-order valence-electron chi connectivity index (χ2n) is 4.19. The number of hydrogen-bond donors (Lipinski definition) is 1. The van der Waals surface area contributed by atoms with E-state index in [2.05, 4.69) is 10.4 Å². The molecule has 6 heteroatoms. The van der Waals surface area contributed by atoms with E-state index in [0.717, 1.165) is 4.68 Å². The van der Waals surface area contributed by atoms with Crippen LogP contribution in [0.25, 0.3) is 0 Å². The van der Waals surface area contributed by atoms with Crippen molar-refractivity contribution >= 4 is 5.69 Å². The lowest BCUT2D eigenvalue weighted by molar-refractivity contribution is 0.572. The molecule has 2 aromatic rings. The molecule has 0 aliphatic rings. The molecule has 0 radical (unpaired) electrons. The van der Waals surface area contributed by atoms with Crippen molar-refractivity contribution in [1.82, 2.24) is 9.78 Å². The normalized spacial score (nSPS) is 10.1. The zero-order valence-electron chi connectivity index (χ0n) is 10.9. The summed E-state index contributed by atoms with van der Waals surface area (Å²) in [7, 11) is 0. The maximum absolute atomic E-state index is 13.7. The molecule has 0 fully saturated rings. The summed E-state index contributed by atoms with van der Waals surface area (Å²) >= 11 is 0. The van der Waals surface area contributed by atoms with Crippen LogP contribution in [0.3, 0.4) is 0 Å². The van der Waals surface area contributed by atoms with Crippen molar-refractivity contribution in [3.05, 3.63) is 57.8 Å². The predicted molar refractivity (Wildman–Crippen MR) is 72.9 cm³/mol. The van der Waals surface area contributed by atoms with E-state index in [1.807, 2.05) is 13.0 Å². The molecule has 5 nitrogen and oxygen atoms in total. The molecule has 2 rings (SSSR count). The number of nitriles is 1. The lowest BCUT2D eigenvalue weighted by Gasteiger charge is -2.08. The maximum atomic E-state index is 13.7. The van der Waals surface area contributed by atoms with Crippen LogP contribution in [0, 0.1) is 17.1 Å². The smallest absolute Gasteiger partial charge is 0.269 e. The molecule has 0 atom stereocenters. The van der Waals surface area contributed by atoms with Gasteiger partial charge in [-0.1, -0.05) is 0 Å². The molecule has 0 spiro atoms. The van der Waals surface area contributed by atoms with Crippen molar-refractivity contribution in [2.45, 2.75) is 13.5 Å². The van der Waals surface area contributed by atoms with Gasteiger partial charge >= 0.3 is 0 Å². The third-order valence-corrected chi connectivity index (χ3v) is 2.75. The highest BCUT2D eigenvalue weighted by atomic mass is 19.1. The Hall–Kier alpha value is -2.68. The lowest BCUT2D eigenvalue weighted by Crippen LogP contribution is -2.23. The van der Waals surface area contributed by atoms with E-state index in [4.69, 9.17) is 5.26 Å². The molecule has 0 bridgehead atoms. The van der Waals surface area contributed by atoms with Crippen LogP contribution in [0.2, 0.25) is 0 Å². The van der Waals surface area contributed by atoms with Gasteiger partial charge in [0.15, 0.2) is 0 Å². The number of hydrogen-bond acceptors (Lipinski definition) is 4. The molecular formula is C14H13FN4O. The molecular weight excluding hydrogens is 259 g/mol. The van der Waals surface area contributed by atoms with Crippen LogP contribution in [-0.4, -0.2) is 16.3 Å². The van der Waals surface area contributed by atoms with Crippen LogP contribution in [0.4, 0.5) is 10.1 Å². The van der Waals surface area contributed by atoms with Gasteiger partial charge in [0.25, 0.3) is 5.56 Å². The summed E-state index contributed by atoms with van der Waals surface area (Å²) in [5.41, 5.74) is 0.902. The van der Waals surface area contributed by atoms with Crippen LogP contribution in [-0.2, 0) is 6.54 Å². The Labute approximate surface area is 115 Å². The van der Waals surface area contributed by atoms with Gasteiger partial charge < -0.3 is 5.32 Å². The Morgan fingerprint density at radius 3 is 2.90 bits per heavy atom. The first-order valence-corrected chi connectivity index (χ1v) is 6.13. The predicted octanol–water partition coefficient (Wildman–Crippen LogP) is 1.73. The topological polar surface area (TPSA) is 70.7 Å². The Morgan fingerprint density at radius 1 is 1.45 bits per heavy atom. The fraction of sp³-hybridized carbons (Fsp3) is 0.214. The van der Waals surface area contributed by atoms with Crippen LogP contribution < -0.4 is 10.9 Å². The minimum absolute atomic E-state index is 0.00735. The van der Waals surface area contributed by atoms with Gasteiger partial charge in [-0.3, -0.25) is 4.79 Å². The highest BCUT2D eigenvalue weighted by Gasteiger charge is 2.07. The number of nitrogens with zero attached hydrogens (tertiary/aromatic N) is 3. The number of rotatable bonds is 4.